The predicted molar refractivity (Wildman–Crippen MR) is 178 cm³/mol. The normalized spacial score (nSPS) is 16.6. The van der Waals surface area contributed by atoms with E-state index in [-0.39, 0.29) is 47.4 Å². The number of nitrogens with zero attached hydrogens (tertiary/aromatic N) is 5. The summed E-state index contributed by atoms with van der Waals surface area (Å²) in [5.41, 5.74) is -0.443. The molecule has 5 heterocycles. The van der Waals surface area contributed by atoms with Crippen LogP contribution in [-0.4, -0.2) is 54.8 Å². The molecule has 11 nitrogen and oxygen atoms in total. The second kappa shape index (κ2) is 13.2. The maximum absolute atomic E-state index is 14.4. The lowest BCUT2D eigenvalue weighted by atomic mass is 9.97. The number of fused-ring (bicyclic) bond motifs is 2. The van der Waals surface area contributed by atoms with Gasteiger partial charge in [-0.15, -0.1) is 16.4 Å². The molecule has 3 aromatic heterocycles. The number of halogens is 4. The van der Waals surface area contributed by atoms with Crippen molar-refractivity contribution < 1.29 is 32.2 Å². The van der Waals surface area contributed by atoms with Crippen molar-refractivity contribution in [1.82, 2.24) is 24.1 Å². The first-order valence-electron chi connectivity index (χ1n) is 15.7. The third-order valence-corrected chi connectivity index (χ3v) is 9.59. The highest BCUT2D eigenvalue weighted by Crippen LogP contribution is 2.36. The zero-order valence-electron chi connectivity index (χ0n) is 27.2. The lowest BCUT2D eigenvalue weighted by molar-refractivity contribution is -0.137. The van der Waals surface area contributed by atoms with Crippen LogP contribution in [0.2, 0.25) is 5.02 Å². The van der Waals surface area contributed by atoms with E-state index in [1.54, 1.807) is 25.3 Å². The SMILES string of the molecule is CCc1c(C2CC=CCN2C(=O)OC(C)(C)C)c(=O)n2nc(-c3cc4c(s3)COCC4)nc2n1CC(=O)Nc1ccc(C(F)(F)F)cc1Cl. The van der Waals surface area contributed by atoms with Crippen molar-refractivity contribution >= 4 is 46.4 Å². The first-order chi connectivity index (χ1) is 23.1. The third kappa shape index (κ3) is 7.10. The number of rotatable bonds is 6. The van der Waals surface area contributed by atoms with Crippen molar-refractivity contribution in [2.24, 2.45) is 0 Å². The Morgan fingerprint density at radius 2 is 1.96 bits per heavy atom. The Hall–Kier alpha value is -4.21. The lowest BCUT2D eigenvalue weighted by Crippen LogP contribution is -2.44. The number of thiophene rings is 1. The van der Waals surface area contributed by atoms with Crippen LogP contribution in [0.3, 0.4) is 0 Å². The number of ether oxygens (including phenoxy) is 2. The number of anilines is 1. The van der Waals surface area contributed by atoms with Crippen LogP contribution in [-0.2, 0) is 46.4 Å². The van der Waals surface area contributed by atoms with Gasteiger partial charge in [-0.2, -0.15) is 22.7 Å². The summed E-state index contributed by atoms with van der Waals surface area (Å²) in [5, 5.41) is 6.91. The number of carbonyl (C=O) groups is 2. The van der Waals surface area contributed by atoms with Crippen LogP contribution < -0.4 is 10.9 Å². The van der Waals surface area contributed by atoms with E-state index in [9.17, 15) is 27.6 Å². The van der Waals surface area contributed by atoms with Gasteiger partial charge in [-0.25, -0.2) is 4.79 Å². The smallest absolute Gasteiger partial charge is 0.416 e. The van der Waals surface area contributed by atoms with Crippen LogP contribution in [0.4, 0.5) is 23.7 Å². The fourth-order valence-corrected chi connectivity index (χ4v) is 7.26. The summed E-state index contributed by atoms with van der Waals surface area (Å²) in [6.45, 7) is 7.94. The summed E-state index contributed by atoms with van der Waals surface area (Å²) >= 11 is 7.60. The van der Waals surface area contributed by atoms with Crippen molar-refractivity contribution in [3.8, 4) is 10.7 Å². The van der Waals surface area contributed by atoms with Gasteiger partial charge in [-0.3, -0.25) is 14.5 Å². The average Bonchev–Trinajstić information content (AvgIpc) is 3.67. The molecule has 4 aromatic rings. The van der Waals surface area contributed by atoms with E-state index in [0.717, 1.165) is 44.5 Å². The van der Waals surface area contributed by atoms with Crippen LogP contribution in [0.1, 0.15) is 67.4 Å². The minimum absolute atomic E-state index is 0.0166. The van der Waals surface area contributed by atoms with Gasteiger partial charge in [0.2, 0.25) is 11.7 Å². The number of alkyl halides is 3. The molecule has 1 aromatic carbocycles. The number of aromatic nitrogens is 4. The Bertz CT molecular complexity index is 2010. The first kappa shape index (κ1) is 34.6. The van der Waals surface area contributed by atoms with Crippen molar-refractivity contribution in [3.63, 3.8) is 0 Å². The molecule has 2 aliphatic rings. The third-order valence-electron chi connectivity index (χ3n) is 8.13. The van der Waals surface area contributed by atoms with Gasteiger partial charge in [0, 0.05) is 17.1 Å². The van der Waals surface area contributed by atoms with E-state index >= 15 is 0 Å². The van der Waals surface area contributed by atoms with Crippen molar-refractivity contribution in [1.29, 1.82) is 0 Å². The average molecular weight is 719 g/mol. The van der Waals surface area contributed by atoms with Gasteiger partial charge in [0.05, 0.1) is 46.0 Å². The van der Waals surface area contributed by atoms with Gasteiger partial charge in [-0.05, 0) is 69.9 Å². The number of carbonyl (C=O) groups excluding carboxylic acids is 2. The zero-order valence-corrected chi connectivity index (χ0v) is 28.8. The molecule has 0 saturated heterocycles. The molecule has 49 heavy (non-hydrogen) atoms. The van der Waals surface area contributed by atoms with E-state index in [2.05, 4.69) is 10.4 Å². The Balaban J connectivity index is 1.47. The van der Waals surface area contributed by atoms with Crippen molar-refractivity contribution in [2.75, 3.05) is 18.5 Å². The van der Waals surface area contributed by atoms with E-state index in [1.807, 2.05) is 25.1 Å². The molecule has 6 rings (SSSR count). The summed E-state index contributed by atoms with van der Waals surface area (Å²) < 4.78 is 53.6. The highest BCUT2D eigenvalue weighted by Gasteiger charge is 2.36. The molecule has 0 radical (unpaired) electrons. The number of nitrogens with one attached hydrogen (secondary N) is 1. The molecule has 1 N–H and O–H groups in total. The van der Waals surface area contributed by atoms with Crippen LogP contribution in [0.25, 0.3) is 16.5 Å². The molecular weight excluding hydrogens is 685 g/mol. The molecule has 0 bridgehead atoms. The van der Waals surface area contributed by atoms with E-state index in [1.165, 1.54) is 16.2 Å². The molecule has 0 saturated carbocycles. The van der Waals surface area contributed by atoms with Gasteiger partial charge >= 0.3 is 12.3 Å². The fraction of sp³-hybridized carbons (Fsp3) is 0.424. The summed E-state index contributed by atoms with van der Waals surface area (Å²) in [6.07, 6.45) is -0.205. The zero-order chi connectivity index (χ0) is 35.2. The summed E-state index contributed by atoms with van der Waals surface area (Å²) in [4.78, 5) is 49.4. The first-order valence-corrected chi connectivity index (χ1v) is 16.9. The Kier molecular flexibility index (Phi) is 9.37. The highest BCUT2D eigenvalue weighted by molar-refractivity contribution is 7.15. The van der Waals surface area contributed by atoms with E-state index in [4.69, 9.17) is 26.1 Å². The minimum Gasteiger partial charge on any atom is -0.444 e. The molecule has 0 fully saturated rings. The van der Waals surface area contributed by atoms with Gasteiger partial charge in [0.1, 0.15) is 12.1 Å². The quantitative estimate of drug-likeness (QED) is 0.218. The molecular formula is C33H34ClF3N6O5S. The second-order valence-corrected chi connectivity index (χ2v) is 14.3. The van der Waals surface area contributed by atoms with E-state index < -0.39 is 40.9 Å². The molecule has 2 aliphatic heterocycles. The molecule has 1 atom stereocenters. The molecule has 0 spiro atoms. The van der Waals surface area contributed by atoms with Gasteiger partial charge in [0.15, 0.2) is 5.82 Å². The minimum atomic E-state index is -4.61. The summed E-state index contributed by atoms with van der Waals surface area (Å²) in [5.74, 6) is -0.260. The summed E-state index contributed by atoms with van der Waals surface area (Å²) in [7, 11) is 0. The maximum atomic E-state index is 14.4. The van der Waals surface area contributed by atoms with Crippen LogP contribution in [0.5, 0.6) is 0 Å². The Labute approximate surface area is 288 Å². The van der Waals surface area contributed by atoms with Gasteiger partial charge in [-0.1, -0.05) is 30.7 Å². The fourth-order valence-electron chi connectivity index (χ4n) is 5.95. The topological polar surface area (TPSA) is 120 Å². The highest BCUT2D eigenvalue weighted by atomic mass is 35.5. The van der Waals surface area contributed by atoms with Crippen molar-refractivity contribution in [2.45, 2.75) is 77.9 Å². The standard InChI is InChI=1S/C33H34ClF3N6O5S/c1-5-22-27(23-8-6-7-12-41(23)31(46)48-32(2,3)4)29(45)43-30(39-28(40-43)24-14-18-11-13-47-17-25(18)49-24)42(22)16-26(44)38-21-10-9-19(15-20(21)34)33(35,36)37/h6-7,9-10,14-15,23H,5,8,11-13,16-17H2,1-4H3,(H,38,44). The van der Waals surface area contributed by atoms with Gasteiger partial charge in [0.25, 0.3) is 5.56 Å². The Morgan fingerprint density at radius 3 is 2.63 bits per heavy atom. The number of amides is 2. The lowest BCUT2D eigenvalue weighted by Gasteiger charge is -2.35. The molecule has 16 heteroatoms. The second-order valence-electron chi connectivity index (χ2n) is 12.7. The monoisotopic (exact) mass is 718 g/mol. The van der Waals surface area contributed by atoms with Gasteiger partial charge < -0.3 is 19.4 Å². The molecule has 2 amide bonds. The summed E-state index contributed by atoms with van der Waals surface area (Å²) in [6, 6.07) is 3.88. The largest absolute Gasteiger partial charge is 0.444 e. The molecule has 260 valence electrons. The van der Waals surface area contributed by atoms with Crippen LogP contribution in [0, 0.1) is 0 Å². The van der Waals surface area contributed by atoms with Crippen LogP contribution in [0.15, 0.2) is 41.2 Å². The molecule has 0 aliphatic carbocycles. The number of hydrogen-bond donors (Lipinski definition) is 1. The Morgan fingerprint density at radius 1 is 1.18 bits per heavy atom. The maximum Gasteiger partial charge on any atom is 0.416 e. The van der Waals surface area contributed by atoms with E-state index in [0.29, 0.717) is 25.3 Å². The number of benzene rings is 1. The van der Waals surface area contributed by atoms with Crippen molar-refractivity contribution in [3.05, 3.63) is 79.1 Å². The van der Waals surface area contributed by atoms with Crippen LogP contribution >= 0.6 is 22.9 Å². The predicted octanol–water partition coefficient (Wildman–Crippen LogP) is 6.80. The number of hydrogen-bond acceptors (Lipinski definition) is 8. The molecule has 1 unspecified atom stereocenters.